The Morgan fingerprint density at radius 3 is 2.32 bits per heavy atom. The summed E-state index contributed by atoms with van der Waals surface area (Å²) in [5.74, 6) is -2.73. The summed E-state index contributed by atoms with van der Waals surface area (Å²) >= 11 is 0. The number of nitrogens with zero attached hydrogens (tertiary/aromatic N) is 1. The zero-order chi connectivity index (χ0) is 20.7. The number of hydrogen-bond acceptors (Lipinski definition) is 4. The van der Waals surface area contributed by atoms with E-state index in [-0.39, 0.29) is 11.7 Å². The van der Waals surface area contributed by atoms with Crippen LogP contribution in [0.3, 0.4) is 0 Å². The minimum atomic E-state index is -5.08. The topological polar surface area (TPSA) is 115 Å². The van der Waals surface area contributed by atoms with Crippen molar-refractivity contribution in [2.75, 3.05) is 6.54 Å². The number of aromatic amines is 1. The Kier molecular flexibility index (Phi) is 6.59. The molecule has 4 N–H and O–H groups in total. The van der Waals surface area contributed by atoms with Crippen molar-refractivity contribution in [3.63, 3.8) is 0 Å². The van der Waals surface area contributed by atoms with Gasteiger partial charge in [0.15, 0.2) is 5.69 Å². The molecule has 1 heterocycles. The highest BCUT2D eigenvalue weighted by Gasteiger charge is 2.38. The van der Waals surface area contributed by atoms with E-state index in [1.807, 2.05) is 36.4 Å². The largest absolute Gasteiger partial charge is 0.508 e. The fourth-order valence-electron chi connectivity index (χ4n) is 2.25. The maximum Gasteiger partial charge on any atom is 0.490 e. The molecule has 0 bridgehead atoms. The summed E-state index contributed by atoms with van der Waals surface area (Å²) in [6.07, 6.45) is -4.51. The number of H-pyrrole nitrogens is 1. The van der Waals surface area contributed by atoms with Crippen LogP contribution in [0.5, 0.6) is 5.75 Å². The quantitative estimate of drug-likeness (QED) is 0.542. The fraction of sp³-hybridized carbons (Fsp3) is 0.167. The molecule has 0 unspecified atom stereocenters. The Labute approximate surface area is 156 Å². The maximum atomic E-state index is 12.1. The van der Waals surface area contributed by atoms with E-state index in [1.165, 1.54) is 0 Å². The molecular formula is C18H16F3N3O4. The number of carboxylic acids is 1. The molecule has 1 aromatic heterocycles. The number of alkyl halides is 3. The molecule has 0 fully saturated rings. The van der Waals surface area contributed by atoms with E-state index in [9.17, 15) is 23.1 Å². The average Bonchev–Trinajstić information content (AvgIpc) is 3.07. The van der Waals surface area contributed by atoms with E-state index < -0.39 is 12.1 Å². The first kappa shape index (κ1) is 20.7. The van der Waals surface area contributed by atoms with Crippen LogP contribution < -0.4 is 5.32 Å². The van der Waals surface area contributed by atoms with Gasteiger partial charge in [-0.3, -0.25) is 9.89 Å². The van der Waals surface area contributed by atoms with Gasteiger partial charge in [-0.05, 0) is 24.1 Å². The van der Waals surface area contributed by atoms with Crippen molar-refractivity contribution in [2.45, 2.75) is 12.6 Å². The number of carbonyl (C=O) groups excluding carboxylic acids is 1. The molecule has 2 aromatic carbocycles. The molecular weight excluding hydrogens is 379 g/mol. The molecule has 0 radical (unpaired) electrons. The summed E-state index contributed by atoms with van der Waals surface area (Å²) in [6, 6.07) is 14.6. The van der Waals surface area contributed by atoms with Crippen molar-refractivity contribution >= 4 is 22.8 Å². The van der Waals surface area contributed by atoms with Gasteiger partial charge in [-0.2, -0.15) is 18.3 Å². The van der Waals surface area contributed by atoms with Crippen LogP contribution in [0, 0.1) is 0 Å². The smallest absolute Gasteiger partial charge is 0.490 e. The van der Waals surface area contributed by atoms with E-state index >= 15 is 0 Å². The summed E-state index contributed by atoms with van der Waals surface area (Å²) in [5, 5.41) is 27.3. The predicted octanol–water partition coefficient (Wildman–Crippen LogP) is 2.87. The number of phenols is 1. The zero-order valence-electron chi connectivity index (χ0n) is 14.3. The van der Waals surface area contributed by atoms with Crippen LogP contribution in [0.25, 0.3) is 10.9 Å². The Hall–Kier alpha value is -3.56. The highest BCUT2D eigenvalue weighted by Crippen LogP contribution is 2.17. The number of hydrogen-bond donors (Lipinski definition) is 4. The number of aromatic hydroxyl groups is 1. The van der Waals surface area contributed by atoms with Gasteiger partial charge in [-0.25, -0.2) is 4.79 Å². The predicted molar refractivity (Wildman–Crippen MR) is 93.9 cm³/mol. The van der Waals surface area contributed by atoms with Crippen LogP contribution in [0.15, 0.2) is 48.5 Å². The van der Waals surface area contributed by atoms with Gasteiger partial charge in [-0.1, -0.05) is 36.4 Å². The highest BCUT2D eigenvalue weighted by molar-refractivity contribution is 6.04. The lowest BCUT2D eigenvalue weighted by atomic mass is 10.1. The average molecular weight is 395 g/mol. The first-order valence-corrected chi connectivity index (χ1v) is 7.98. The molecule has 0 saturated heterocycles. The summed E-state index contributed by atoms with van der Waals surface area (Å²) in [5.41, 5.74) is 2.04. The number of phenolic OH excluding ortho intramolecular Hbond substituents is 1. The number of carboxylic acid groups (broad SMARTS) is 1. The van der Waals surface area contributed by atoms with E-state index in [0.717, 1.165) is 16.5 Å². The standard InChI is InChI=1S/C16H15N3O2.C2HF3O2/c20-14-8-4-1-5-11(14)9-10-17-16(21)15-12-6-2-3-7-13(12)18-19-15;3-2(4,5)1(6)7/h1-8,20H,9-10H2,(H,17,21)(H,18,19);(H,6,7). The number of nitrogens with one attached hydrogen (secondary N) is 2. The molecule has 7 nitrogen and oxygen atoms in total. The highest BCUT2D eigenvalue weighted by atomic mass is 19.4. The molecule has 0 aliphatic carbocycles. The molecule has 0 atom stereocenters. The van der Waals surface area contributed by atoms with Gasteiger partial charge in [0.1, 0.15) is 5.75 Å². The summed E-state index contributed by atoms with van der Waals surface area (Å²) in [4.78, 5) is 21.0. The van der Waals surface area contributed by atoms with Crippen LogP contribution in [0.2, 0.25) is 0 Å². The fourth-order valence-corrected chi connectivity index (χ4v) is 2.25. The number of amides is 1. The van der Waals surface area contributed by atoms with Gasteiger partial charge in [-0.15, -0.1) is 0 Å². The van der Waals surface area contributed by atoms with Crippen LogP contribution in [0.1, 0.15) is 16.1 Å². The second-order valence-electron chi connectivity index (χ2n) is 5.56. The van der Waals surface area contributed by atoms with E-state index in [1.54, 1.807) is 12.1 Å². The lowest BCUT2D eigenvalue weighted by Crippen LogP contribution is -2.26. The SMILES string of the molecule is O=C(NCCc1ccccc1O)c1n[nH]c2ccccc12.O=C(O)C(F)(F)F. The van der Waals surface area contributed by atoms with Crippen molar-refractivity contribution in [2.24, 2.45) is 0 Å². The number of para-hydroxylation sites is 2. The summed E-state index contributed by atoms with van der Waals surface area (Å²) in [6.45, 7) is 0.442. The third kappa shape index (κ3) is 5.47. The van der Waals surface area contributed by atoms with Crippen molar-refractivity contribution in [1.82, 2.24) is 15.5 Å². The molecule has 28 heavy (non-hydrogen) atoms. The Morgan fingerprint density at radius 1 is 1.07 bits per heavy atom. The summed E-state index contributed by atoms with van der Waals surface area (Å²) in [7, 11) is 0. The van der Waals surface area contributed by atoms with E-state index in [0.29, 0.717) is 18.7 Å². The van der Waals surface area contributed by atoms with Crippen LogP contribution >= 0.6 is 0 Å². The molecule has 0 saturated carbocycles. The number of benzene rings is 2. The van der Waals surface area contributed by atoms with Crippen molar-refractivity contribution in [3.8, 4) is 5.75 Å². The van der Waals surface area contributed by atoms with Crippen molar-refractivity contribution in [1.29, 1.82) is 0 Å². The maximum absolute atomic E-state index is 12.1. The second kappa shape index (κ2) is 8.89. The Morgan fingerprint density at radius 2 is 1.68 bits per heavy atom. The second-order valence-corrected chi connectivity index (χ2v) is 5.56. The molecule has 3 rings (SSSR count). The third-order valence-electron chi connectivity index (χ3n) is 3.60. The minimum absolute atomic E-state index is 0.220. The van der Waals surface area contributed by atoms with Gasteiger partial charge < -0.3 is 15.5 Å². The van der Waals surface area contributed by atoms with E-state index in [4.69, 9.17) is 9.90 Å². The van der Waals surface area contributed by atoms with Crippen LogP contribution in [-0.4, -0.2) is 45.0 Å². The molecule has 0 aliphatic rings. The molecule has 10 heteroatoms. The molecule has 0 aliphatic heterocycles. The minimum Gasteiger partial charge on any atom is -0.508 e. The van der Waals surface area contributed by atoms with Crippen molar-refractivity contribution < 1.29 is 33.0 Å². The number of fused-ring (bicyclic) bond motifs is 1. The van der Waals surface area contributed by atoms with Gasteiger partial charge in [0.2, 0.25) is 0 Å². The number of aliphatic carboxylic acids is 1. The molecule has 148 valence electrons. The molecule has 1 amide bonds. The van der Waals surface area contributed by atoms with Crippen LogP contribution in [-0.2, 0) is 11.2 Å². The van der Waals surface area contributed by atoms with Gasteiger partial charge >= 0.3 is 12.1 Å². The third-order valence-corrected chi connectivity index (χ3v) is 3.60. The van der Waals surface area contributed by atoms with Crippen molar-refractivity contribution in [3.05, 3.63) is 59.8 Å². The van der Waals surface area contributed by atoms with Gasteiger partial charge in [0.05, 0.1) is 5.52 Å². The normalized spacial score (nSPS) is 10.8. The Balaban J connectivity index is 0.000000345. The number of halogens is 3. The first-order chi connectivity index (χ1) is 13.2. The Bertz CT molecular complexity index is 970. The van der Waals surface area contributed by atoms with Crippen LogP contribution in [0.4, 0.5) is 13.2 Å². The lowest BCUT2D eigenvalue weighted by Gasteiger charge is -2.05. The number of carbonyl (C=O) groups is 2. The van der Waals surface area contributed by atoms with Gasteiger partial charge in [0.25, 0.3) is 5.91 Å². The van der Waals surface area contributed by atoms with E-state index in [2.05, 4.69) is 15.5 Å². The zero-order valence-corrected chi connectivity index (χ0v) is 14.3. The van der Waals surface area contributed by atoms with Gasteiger partial charge in [0, 0.05) is 11.9 Å². The monoisotopic (exact) mass is 395 g/mol. The summed E-state index contributed by atoms with van der Waals surface area (Å²) < 4.78 is 31.7. The first-order valence-electron chi connectivity index (χ1n) is 7.98. The number of aromatic nitrogens is 2. The lowest BCUT2D eigenvalue weighted by molar-refractivity contribution is -0.192. The molecule has 3 aromatic rings. The molecule has 0 spiro atoms. The number of rotatable bonds is 4.